The number of imidazole rings is 1. The van der Waals surface area contributed by atoms with Crippen LogP contribution < -0.4 is 11.1 Å². The van der Waals surface area contributed by atoms with E-state index in [-0.39, 0.29) is 18.6 Å². The Hall–Kier alpha value is -2.26. The molecular weight excluding hydrogens is 310 g/mol. The first-order valence-electron chi connectivity index (χ1n) is 8.16. The quantitative estimate of drug-likeness (QED) is 0.677. The predicted octanol–water partition coefficient (Wildman–Crippen LogP) is -0.458. The van der Waals surface area contributed by atoms with Crippen molar-refractivity contribution in [1.29, 1.82) is 0 Å². The molecule has 3 heterocycles. The van der Waals surface area contributed by atoms with Gasteiger partial charge in [-0.2, -0.15) is 0 Å². The summed E-state index contributed by atoms with van der Waals surface area (Å²) in [6.07, 6.45) is 4.89. The highest BCUT2D eigenvalue weighted by atomic mass is 16.3. The van der Waals surface area contributed by atoms with Crippen LogP contribution in [0.1, 0.15) is 25.8 Å². The molecule has 1 saturated heterocycles. The summed E-state index contributed by atoms with van der Waals surface area (Å²) in [5.41, 5.74) is 6.84. The monoisotopic (exact) mass is 333 g/mol. The minimum Gasteiger partial charge on any atom is -0.395 e. The van der Waals surface area contributed by atoms with E-state index in [9.17, 15) is 4.79 Å². The lowest BCUT2D eigenvalue weighted by molar-refractivity contribution is -0.124. The Morgan fingerprint density at radius 1 is 1.50 bits per heavy atom. The summed E-state index contributed by atoms with van der Waals surface area (Å²) in [6.45, 7) is 4.32. The van der Waals surface area contributed by atoms with Crippen LogP contribution in [-0.2, 0) is 4.79 Å². The number of nitrogens with zero attached hydrogens (tertiary/aromatic N) is 5. The summed E-state index contributed by atoms with van der Waals surface area (Å²) in [5, 5.41) is 12.2. The molecule has 0 radical (unpaired) electrons. The molecule has 1 fully saturated rings. The topological polar surface area (TPSA) is 122 Å². The Morgan fingerprint density at radius 3 is 3.12 bits per heavy atom. The Kier molecular flexibility index (Phi) is 4.91. The van der Waals surface area contributed by atoms with Crippen LogP contribution in [0.3, 0.4) is 0 Å². The number of carbonyl (C=O) groups is 1. The molecule has 1 aliphatic heterocycles. The molecule has 0 aromatic carbocycles. The van der Waals surface area contributed by atoms with E-state index in [4.69, 9.17) is 10.8 Å². The first kappa shape index (κ1) is 16.6. The molecule has 2 atom stereocenters. The maximum atomic E-state index is 12.6. The van der Waals surface area contributed by atoms with Gasteiger partial charge >= 0.3 is 0 Å². The normalized spacial score (nSPS) is 20.2. The predicted molar refractivity (Wildman–Crippen MR) is 89.1 cm³/mol. The molecule has 0 spiro atoms. The Balaban J connectivity index is 1.69. The van der Waals surface area contributed by atoms with Crippen molar-refractivity contribution in [3.05, 3.63) is 12.7 Å². The minimum absolute atomic E-state index is 0.0812. The molecule has 9 nitrogen and oxygen atoms in total. The van der Waals surface area contributed by atoms with Crippen molar-refractivity contribution < 1.29 is 9.90 Å². The number of nitrogen functional groups attached to an aromatic ring is 1. The molecule has 0 saturated carbocycles. The number of nitrogens with two attached hydrogens (primary N) is 1. The molecule has 24 heavy (non-hydrogen) atoms. The standard InChI is InChI=1S/C15H23N7O2/c1-10(22-9-19-12-13(16)17-8-18-14(12)22)15(24)20-11-3-2-4-21(7-11)5-6-23/h8-11,23H,2-7H2,1H3,(H,20,24)(H2,16,17,18)/t10?,11-/m1/s1. The summed E-state index contributed by atoms with van der Waals surface area (Å²) in [6, 6.07) is -0.354. The number of β-amino-alcohol motifs (C(OH)–C–C–N with tert-alkyl or cyclic N) is 1. The first-order valence-corrected chi connectivity index (χ1v) is 8.16. The molecule has 3 rings (SSSR count). The van der Waals surface area contributed by atoms with Gasteiger partial charge in [0.25, 0.3) is 0 Å². The van der Waals surface area contributed by atoms with Crippen LogP contribution >= 0.6 is 0 Å². The van der Waals surface area contributed by atoms with Crippen molar-refractivity contribution in [3.8, 4) is 0 Å². The fraction of sp³-hybridized carbons (Fsp3) is 0.600. The van der Waals surface area contributed by atoms with Gasteiger partial charge in [0.1, 0.15) is 17.9 Å². The van der Waals surface area contributed by atoms with E-state index in [1.54, 1.807) is 10.9 Å². The van der Waals surface area contributed by atoms with E-state index in [2.05, 4.69) is 25.2 Å². The minimum atomic E-state index is -0.447. The number of piperidine rings is 1. The Labute approximate surface area is 139 Å². The van der Waals surface area contributed by atoms with E-state index < -0.39 is 6.04 Å². The number of aromatic nitrogens is 4. The van der Waals surface area contributed by atoms with Crippen LogP contribution in [-0.4, -0.2) is 67.7 Å². The van der Waals surface area contributed by atoms with Gasteiger partial charge < -0.3 is 20.7 Å². The highest BCUT2D eigenvalue weighted by Crippen LogP contribution is 2.19. The molecule has 2 aromatic heterocycles. The number of likely N-dealkylation sites (tertiary alicyclic amines) is 1. The van der Waals surface area contributed by atoms with Crippen molar-refractivity contribution in [2.45, 2.75) is 31.8 Å². The number of aliphatic hydroxyl groups is 1. The summed E-state index contributed by atoms with van der Waals surface area (Å²) < 4.78 is 1.71. The lowest BCUT2D eigenvalue weighted by Crippen LogP contribution is -2.49. The molecule has 1 unspecified atom stereocenters. The summed E-state index contributed by atoms with van der Waals surface area (Å²) in [5.74, 6) is 0.223. The highest BCUT2D eigenvalue weighted by molar-refractivity contribution is 5.85. The fourth-order valence-corrected chi connectivity index (χ4v) is 3.12. The second-order valence-corrected chi connectivity index (χ2v) is 6.13. The van der Waals surface area contributed by atoms with Crippen molar-refractivity contribution in [2.75, 3.05) is 32.0 Å². The van der Waals surface area contributed by atoms with Crippen LogP contribution in [0.25, 0.3) is 11.2 Å². The third kappa shape index (κ3) is 3.31. The van der Waals surface area contributed by atoms with E-state index in [1.165, 1.54) is 6.33 Å². The SMILES string of the molecule is CC(C(=O)N[C@@H]1CCCN(CCO)C1)n1cnc2c(N)ncnc21. The number of aliphatic hydroxyl groups excluding tert-OH is 1. The van der Waals surface area contributed by atoms with Crippen molar-refractivity contribution in [3.63, 3.8) is 0 Å². The Bertz CT molecular complexity index is 715. The largest absolute Gasteiger partial charge is 0.395 e. The fourth-order valence-electron chi connectivity index (χ4n) is 3.12. The van der Waals surface area contributed by atoms with Crippen molar-refractivity contribution >= 4 is 22.9 Å². The number of hydrogen-bond donors (Lipinski definition) is 3. The molecule has 1 aliphatic rings. The maximum Gasteiger partial charge on any atom is 0.243 e. The van der Waals surface area contributed by atoms with E-state index >= 15 is 0 Å². The van der Waals surface area contributed by atoms with Gasteiger partial charge in [0.15, 0.2) is 11.5 Å². The van der Waals surface area contributed by atoms with Gasteiger partial charge in [0.2, 0.25) is 5.91 Å². The molecule has 130 valence electrons. The molecule has 0 aliphatic carbocycles. The van der Waals surface area contributed by atoms with Gasteiger partial charge in [-0.1, -0.05) is 0 Å². The number of amides is 1. The molecule has 1 amide bonds. The lowest BCUT2D eigenvalue weighted by Gasteiger charge is -2.33. The van der Waals surface area contributed by atoms with Crippen molar-refractivity contribution in [1.82, 2.24) is 29.7 Å². The molecule has 9 heteroatoms. The zero-order chi connectivity index (χ0) is 17.1. The van der Waals surface area contributed by atoms with Crippen LogP contribution in [0.4, 0.5) is 5.82 Å². The molecule has 4 N–H and O–H groups in total. The highest BCUT2D eigenvalue weighted by Gasteiger charge is 2.25. The van der Waals surface area contributed by atoms with Crippen LogP contribution in [0, 0.1) is 0 Å². The third-order valence-corrected chi connectivity index (χ3v) is 4.45. The van der Waals surface area contributed by atoms with Crippen LogP contribution in [0.15, 0.2) is 12.7 Å². The van der Waals surface area contributed by atoms with E-state index in [1.807, 2.05) is 6.92 Å². The molecular formula is C15H23N7O2. The van der Waals surface area contributed by atoms with Gasteiger partial charge in [-0.3, -0.25) is 9.69 Å². The van der Waals surface area contributed by atoms with Gasteiger partial charge in [-0.25, -0.2) is 15.0 Å². The zero-order valence-corrected chi connectivity index (χ0v) is 13.7. The number of carbonyl (C=O) groups excluding carboxylic acids is 1. The number of rotatable bonds is 5. The summed E-state index contributed by atoms with van der Waals surface area (Å²) >= 11 is 0. The van der Waals surface area contributed by atoms with Crippen LogP contribution in [0.5, 0.6) is 0 Å². The van der Waals surface area contributed by atoms with Gasteiger partial charge in [0.05, 0.1) is 12.9 Å². The molecule has 0 bridgehead atoms. The number of hydrogen-bond acceptors (Lipinski definition) is 7. The lowest BCUT2D eigenvalue weighted by atomic mass is 10.1. The Morgan fingerprint density at radius 2 is 2.33 bits per heavy atom. The van der Waals surface area contributed by atoms with Crippen molar-refractivity contribution in [2.24, 2.45) is 0 Å². The smallest absolute Gasteiger partial charge is 0.243 e. The number of anilines is 1. The second-order valence-electron chi connectivity index (χ2n) is 6.13. The summed E-state index contributed by atoms with van der Waals surface area (Å²) in [4.78, 5) is 27.1. The average Bonchev–Trinajstić information content (AvgIpc) is 3.00. The average molecular weight is 333 g/mol. The van der Waals surface area contributed by atoms with Gasteiger partial charge in [-0.05, 0) is 26.3 Å². The maximum absolute atomic E-state index is 12.6. The summed E-state index contributed by atoms with van der Waals surface area (Å²) in [7, 11) is 0. The zero-order valence-electron chi connectivity index (χ0n) is 13.7. The van der Waals surface area contributed by atoms with E-state index in [0.29, 0.717) is 23.5 Å². The first-order chi connectivity index (χ1) is 11.6. The van der Waals surface area contributed by atoms with E-state index in [0.717, 1.165) is 25.9 Å². The third-order valence-electron chi connectivity index (χ3n) is 4.45. The number of nitrogens with one attached hydrogen (secondary N) is 1. The number of fused-ring (bicyclic) bond motifs is 1. The van der Waals surface area contributed by atoms with Gasteiger partial charge in [0, 0.05) is 19.1 Å². The van der Waals surface area contributed by atoms with Crippen LogP contribution in [0.2, 0.25) is 0 Å². The second kappa shape index (κ2) is 7.10. The molecule has 2 aromatic rings. The van der Waals surface area contributed by atoms with Gasteiger partial charge in [-0.15, -0.1) is 0 Å².